The van der Waals surface area contributed by atoms with Crippen molar-refractivity contribution in [2.45, 2.75) is 24.9 Å². The smallest absolute Gasteiger partial charge is 0.0433 e. The van der Waals surface area contributed by atoms with E-state index in [-0.39, 0.29) is 5.54 Å². The Bertz CT molecular complexity index is 285. The summed E-state index contributed by atoms with van der Waals surface area (Å²) in [5.74, 6) is 0. The third-order valence-electron chi connectivity index (χ3n) is 2.97. The molecule has 0 amide bonds. The molecule has 0 radical (unpaired) electrons. The topological polar surface area (TPSA) is 38.0 Å². The monoisotopic (exact) mass is 176 g/mol. The van der Waals surface area contributed by atoms with Gasteiger partial charge in [0.15, 0.2) is 0 Å². The van der Waals surface area contributed by atoms with Gasteiger partial charge in [-0.15, -0.1) is 0 Å². The predicted molar refractivity (Wildman–Crippen MR) is 54.3 cm³/mol. The molecule has 0 heterocycles. The van der Waals surface area contributed by atoms with Crippen LogP contribution < -0.4 is 11.1 Å². The van der Waals surface area contributed by atoms with Crippen molar-refractivity contribution in [1.82, 2.24) is 5.32 Å². The molecule has 13 heavy (non-hydrogen) atoms. The van der Waals surface area contributed by atoms with Gasteiger partial charge in [-0.2, -0.15) is 0 Å². The van der Waals surface area contributed by atoms with Crippen LogP contribution in [0.2, 0.25) is 0 Å². The second kappa shape index (κ2) is 3.13. The second-order valence-corrected chi connectivity index (χ2v) is 3.73. The normalized spacial score (nSPS) is 18.6. The zero-order chi connectivity index (χ0) is 9.31. The van der Waals surface area contributed by atoms with Gasteiger partial charge in [-0.25, -0.2) is 0 Å². The molecule has 1 aliphatic carbocycles. The molecule has 0 unspecified atom stereocenters. The van der Waals surface area contributed by atoms with Crippen LogP contribution in [0.15, 0.2) is 24.3 Å². The van der Waals surface area contributed by atoms with Crippen molar-refractivity contribution in [2.75, 3.05) is 7.05 Å². The number of benzene rings is 1. The van der Waals surface area contributed by atoms with Gasteiger partial charge in [0.2, 0.25) is 0 Å². The van der Waals surface area contributed by atoms with Crippen LogP contribution in [0, 0.1) is 0 Å². The van der Waals surface area contributed by atoms with Gasteiger partial charge < -0.3 is 11.1 Å². The summed E-state index contributed by atoms with van der Waals surface area (Å²) in [5.41, 5.74) is 8.43. The Morgan fingerprint density at radius 2 is 1.92 bits per heavy atom. The molecule has 0 spiro atoms. The van der Waals surface area contributed by atoms with Crippen molar-refractivity contribution in [3.63, 3.8) is 0 Å². The predicted octanol–water partition coefficient (Wildman–Crippen LogP) is 1.35. The minimum Gasteiger partial charge on any atom is -0.326 e. The van der Waals surface area contributed by atoms with Crippen molar-refractivity contribution < 1.29 is 0 Å². The van der Waals surface area contributed by atoms with Crippen LogP contribution in [0.4, 0.5) is 0 Å². The van der Waals surface area contributed by atoms with E-state index in [1.54, 1.807) is 0 Å². The SMILES string of the molecule is CNC1(c2ccc(CN)cc2)CC1. The van der Waals surface area contributed by atoms with Gasteiger partial charge in [0.25, 0.3) is 0 Å². The first-order valence-corrected chi connectivity index (χ1v) is 4.79. The number of nitrogens with two attached hydrogens (primary N) is 1. The van der Waals surface area contributed by atoms with Gasteiger partial charge in [-0.3, -0.25) is 0 Å². The Balaban J connectivity index is 2.23. The summed E-state index contributed by atoms with van der Waals surface area (Å²) < 4.78 is 0. The fourth-order valence-corrected chi connectivity index (χ4v) is 1.77. The Kier molecular flexibility index (Phi) is 2.10. The lowest BCUT2D eigenvalue weighted by Gasteiger charge is -2.14. The van der Waals surface area contributed by atoms with Crippen molar-refractivity contribution in [3.05, 3.63) is 35.4 Å². The average Bonchev–Trinajstić information content (AvgIpc) is 2.99. The molecule has 1 aromatic rings. The summed E-state index contributed by atoms with van der Waals surface area (Å²) in [4.78, 5) is 0. The van der Waals surface area contributed by atoms with Crippen molar-refractivity contribution in [1.29, 1.82) is 0 Å². The number of hydrogen-bond donors (Lipinski definition) is 2. The first-order chi connectivity index (χ1) is 6.30. The van der Waals surface area contributed by atoms with E-state index >= 15 is 0 Å². The molecule has 0 atom stereocenters. The molecule has 0 aromatic heterocycles. The molecule has 1 aliphatic rings. The fourth-order valence-electron chi connectivity index (χ4n) is 1.77. The van der Waals surface area contributed by atoms with Gasteiger partial charge in [-0.05, 0) is 31.0 Å². The molecule has 2 rings (SSSR count). The molecule has 0 bridgehead atoms. The van der Waals surface area contributed by atoms with Crippen LogP contribution in [0.1, 0.15) is 24.0 Å². The molecular weight excluding hydrogens is 160 g/mol. The highest BCUT2D eigenvalue weighted by molar-refractivity contribution is 5.32. The molecule has 3 N–H and O–H groups in total. The zero-order valence-corrected chi connectivity index (χ0v) is 8.01. The Hall–Kier alpha value is -0.860. The van der Waals surface area contributed by atoms with Crippen molar-refractivity contribution >= 4 is 0 Å². The highest BCUT2D eigenvalue weighted by atomic mass is 15.0. The van der Waals surface area contributed by atoms with E-state index in [0.29, 0.717) is 6.54 Å². The number of nitrogens with one attached hydrogen (secondary N) is 1. The lowest BCUT2D eigenvalue weighted by atomic mass is 10.0. The summed E-state index contributed by atoms with van der Waals surface area (Å²) in [5, 5.41) is 3.37. The van der Waals surface area contributed by atoms with Gasteiger partial charge in [-0.1, -0.05) is 24.3 Å². The maximum atomic E-state index is 5.54. The van der Waals surface area contributed by atoms with E-state index in [4.69, 9.17) is 5.73 Å². The second-order valence-electron chi connectivity index (χ2n) is 3.73. The van der Waals surface area contributed by atoms with Crippen molar-refractivity contribution in [3.8, 4) is 0 Å². The van der Waals surface area contributed by atoms with Gasteiger partial charge in [0.05, 0.1) is 0 Å². The highest BCUT2D eigenvalue weighted by Gasteiger charge is 2.42. The molecule has 1 aromatic carbocycles. The van der Waals surface area contributed by atoms with E-state index in [1.807, 2.05) is 7.05 Å². The molecule has 2 nitrogen and oxygen atoms in total. The molecular formula is C11H16N2. The van der Waals surface area contributed by atoms with Crippen LogP contribution in [0.3, 0.4) is 0 Å². The lowest BCUT2D eigenvalue weighted by Crippen LogP contribution is -2.24. The summed E-state index contributed by atoms with van der Waals surface area (Å²) in [6.45, 7) is 0.632. The van der Waals surface area contributed by atoms with Gasteiger partial charge in [0.1, 0.15) is 0 Å². The Morgan fingerprint density at radius 1 is 1.31 bits per heavy atom. The summed E-state index contributed by atoms with van der Waals surface area (Å²) in [6.07, 6.45) is 2.51. The number of hydrogen-bond acceptors (Lipinski definition) is 2. The van der Waals surface area contributed by atoms with Crippen LogP contribution >= 0.6 is 0 Å². The summed E-state index contributed by atoms with van der Waals surface area (Å²) >= 11 is 0. The summed E-state index contributed by atoms with van der Waals surface area (Å²) in [7, 11) is 2.03. The highest BCUT2D eigenvalue weighted by Crippen LogP contribution is 2.44. The first kappa shape index (κ1) is 8.73. The van der Waals surface area contributed by atoms with Crippen LogP contribution in [-0.2, 0) is 12.1 Å². The quantitative estimate of drug-likeness (QED) is 0.729. The van der Waals surface area contributed by atoms with E-state index in [9.17, 15) is 0 Å². The first-order valence-electron chi connectivity index (χ1n) is 4.79. The van der Waals surface area contributed by atoms with Crippen LogP contribution in [-0.4, -0.2) is 7.05 Å². The standard InChI is InChI=1S/C11H16N2/c1-13-11(6-7-11)10-4-2-9(8-12)3-5-10/h2-5,13H,6-8,12H2,1H3. The fraction of sp³-hybridized carbons (Fsp3) is 0.455. The molecule has 1 saturated carbocycles. The zero-order valence-electron chi connectivity index (χ0n) is 8.01. The van der Waals surface area contributed by atoms with E-state index in [1.165, 1.54) is 24.0 Å². The third-order valence-corrected chi connectivity index (χ3v) is 2.97. The van der Waals surface area contributed by atoms with Crippen LogP contribution in [0.25, 0.3) is 0 Å². The van der Waals surface area contributed by atoms with E-state index in [2.05, 4.69) is 29.6 Å². The average molecular weight is 176 g/mol. The van der Waals surface area contributed by atoms with Crippen molar-refractivity contribution in [2.24, 2.45) is 5.73 Å². The molecule has 2 heteroatoms. The van der Waals surface area contributed by atoms with Gasteiger partial charge >= 0.3 is 0 Å². The van der Waals surface area contributed by atoms with Gasteiger partial charge in [0, 0.05) is 12.1 Å². The maximum Gasteiger partial charge on any atom is 0.0433 e. The lowest BCUT2D eigenvalue weighted by molar-refractivity contribution is 0.585. The van der Waals surface area contributed by atoms with E-state index in [0.717, 1.165) is 0 Å². The molecule has 0 aliphatic heterocycles. The van der Waals surface area contributed by atoms with Crippen LogP contribution in [0.5, 0.6) is 0 Å². The minimum atomic E-state index is 0.285. The third kappa shape index (κ3) is 1.47. The molecule has 70 valence electrons. The maximum absolute atomic E-state index is 5.54. The summed E-state index contributed by atoms with van der Waals surface area (Å²) in [6, 6.07) is 8.61. The van der Waals surface area contributed by atoms with E-state index < -0.39 is 0 Å². The molecule has 0 saturated heterocycles. The number of rotatable bonds is 3. The molecule has 1 fully saturated rings. The minimum absolute atomic E-state index is 0.285. The Morgan fingerprint density at radius 3 is 2.31 bits per heavy atom. The largest absolute Gasteiger partial charge is 0.326 e. The Labute approximate surface area is 79.1 Å².